The van der Waals surface area contributed by atoms with Crippen molar-refractivity contribution in [2.75, 3.05) is 30.4 Å². The molecule has 7 heteroatoms. The molecule has 6 nitrogen and oxygen atoms in total. The van der Waals surface area contributed by atoms with E-state index in [9.17, 15) is 9.59 Å². The number of nitrogens with one attached hydrogen (secondary N) is 1. The minimum Gasteiger partial charge on any atom is -0.361 e. The number of fused-ring (bicyclic) bond motifs is 2. The quantitative estimate of drug-likeness (QED) is 0.864. The number of nitrogens with zero attached hydrogens (tertiary/aromatic N) is 3. The second-order valence-corrected chi connectivity index (χ2v) is 6.86. The van der Waals surface area contributed by atoms with Gasteiger partial charge in [0, 0.05) is 20.1 Å². The Morgan fingerprint density at radius 3 is 2.95 bits per heavy atom. The highest BCUT2D eigenvalue weighted by Gasteiger charge is 2.41. The first kappa shape index (κ1) is 15.3. The number of hydrogen-bond donors (Lipinski definition) is 1. The number of aromatic nitrogens is 1. The van der Waals surface area contributed by atoms with Crippen molar-refractivity contribution in [1.82, 2.24) is 9.88 Å². The fraction of sp³-hybridized carbons (Fsp3) is 0.667. The van der Waals surface area contributed by atoms with Crippen LogP contribution in [-0.2, 0) is 4.79 Å². The van der Waals surface area contributed by atoms with Gasteiger partial charge in [-0.25, -0.2) is 4.98 Å². The minimum absolute atomic E-state index is 0.0165. The van der Waals surface area contributed by atoms with E-state index >= 15 is 0 Å². The zero-order valence-electron chi connectivity index (χ0n) is 13.1. The Labute approximate surface area is 134 Å². The van der Waals surface area contributed by atoms with Crippen LogP contribution in [0.3, 0.4) is 0 Å². The first-order chi connectivity index (χ1) is 10.6. The number of amides is 2. The van der Waals surface area contributed by atoms with Crippen LogP contribution in [0.15, 0.2) is 0 Å². The molecule has 1 aromatic heterocycles. The molecule has 2 aliphatic heterocycles. The van der Waals surface area contributed by atoms with Gasteiger partial charge < -0.3 is 10.2 Å². The topological polar surface area (TPSA) is 65.5 Å². The maximum atomic E-state index is 12.8. The molecule has 0 aliphatic carbocycles. The van der Waals surface area contributed by atoms with Gasteiger partial charge in [-0.1, -0.05) is 24.7 Å². The predicted molar refractivity (Wildman–Crippen MR) is 87.6 cm³/mol. The molecule has 3 rings (SSSR count). The summed E-state index contributed by atoms with van der Waals surface area (Å²) in [4.78, 5) is 33.8. The van der Waals surface area contributed by atoms with Gasteiger partial charge in [0.05, 0.1) is 0 Å². The van der Waals surface area contributed by atoms with E-state index in [-0.39, 0.29) is 17.9 Å². The number of hydrogen-bond acceptors (Lipinski definition) is 5. The number of piperidine rings is 1. The van der Waals surface area contributed by atoms with Crippen LogP contribution >= 0.6 is 11.3 Å². The van der Waals surface area contributed by atoms with Gasteiger partial charge in [0.25, 0.3) is 11.8 Å². The first-order valence-electron chi connectivity index (χ1n) is 7.96. The van der Waals surface area contributed by atoms with Crippen molar-refractivity contribution in [1.29, 1.82) is 0 Å². The average molecular weight is 322 g/mol. The molecule has 0 spiro atoms. The molecular formula is C15H22N4O2S. The summed E-state index contributed by atoms with van der Waals surface area (Å²) < 4.78 is 0. The molecule has 0 bridgehead atoms. The van der Waals surface area contributed by atoms with Crippen LogP contribution in [0.2, 0.25) is 0 Å². The fourth-order valence-corrected chi connectivity index (χ4v) is 3.99. The van der Waals surface area contributed by atoms with Crippen LogP contribution in [0, 0.1) is 0 Å². The minimum atomic E-state index is -0.316. The monoisotopic (exact) mass is 322 g/mol. The standard InChI is InChI=1S/C15H22N4O2S/c1-3-4-8-16-15-17-12-11(22-15)14(21)19-9-6-5-7-10(19)13(20)18(12)2/h10H,3-9H2,1-2H3,(H,16,17). The lowest BCUT2D eigenvalue weighted by molar-refractivity contribution is -0.123. The Hall–Kier alpha value is -1.63. The number of carbonyl (C=O) groups excluding carboxylic acids is 2. The van der Waals surface area contributed by atoms with Crippen LogP contribution in [0.4, 0.5) is 10.9 Å². The van der Waals surface area contributed by atoms with Crippen molar-refractivity contribution in [3.05, 3.63) is 4.88 Å². The Morgan fingerprint density at radius 2 is 2.18 bits per heavy atom. The van der Waals surface area contributed by atoms with Gasteiger partial charge in [-0.05, 0) is 25.7 Å². The van der Waals surface area contributed by atoms with Crippen LogP contribution in [0.25, 0.3) is 0 Å². The SMILES string of the molecule is CCCCNc1nc2c(s1)C(=O)N1CCCCC1C(=O)N2C. The lowest BCUT2D eigenvalue weighted by Gasteiger charge is -2.33. The van der Waals surface area contributed by atoms with Crippen molar-refractivity contribution >= 4 is 34.1 Å². The second-order valence-electron chi connectivity index (χ2n) is 5.86. The largest absolute Gasteiger partial charge is 0.361 e. The summed E-state index contributed by atoms with van der Waals surface area (Å²) in [6.45, 7) is 3.63. The van der Waals surface area contributed by atoms with E-state index in [1.165, 1.54) is 11.3 Å². The molecule has 2 aliphatic rings. The van der Waals surface area contributed by atoms with Crippen molar-refractivity contribution in [3.63, 3.8) is 0 Å². The summed E-state index contributed by atoms with van der Waals surface area (Å²) in [5.41, 5.74) is 0. The lowest BCUT2D eigenvalue weighted by atomic mass is 10.0. The van der Waals surface area contributed by atoms with Gasteiger partial charge >= 0.3 is 0 Å². The Balaban J connectivity index is 1.91. The van der Waals surface area contributed by atoms with Gasteiger partial charge in [0.2, 0.25) is 0 Å². The normalized spacial score (nSPS) is 21.5. The zero-order valence-corrected chi connectivity index (χ0v) is 13.9. The molecule has 0 aromatic carbocycles. The van der Waals surface area contributed by atoms with Crippen molar-refractivity contribution < 1.29 is 9.59 Å². The van der Waals surface area contributed by atoms with E-state index in [4.69, 9.17) is 0 Å². The molecule has 1 aromatic rings. The van der Waals surface area contributed by atoms with Gasteiger partial charge in [-0.15, -0.1) is 0 Å². The third kappa shape index (κ3) is 2.58. The highest BCUT2D eigenvalue weighted by Crippen LogP contribution is 2.36. The molecule has 22 heavy (non-hydrogen) atoms. The molecule has 120 valence electrons. The number of rotatable bonds is 4. The van der Waals surface area contributed by atoms with Crippen LogP contribution in [-0.4, -0.2) is 47.9 Å². The van der Waals surface area contributed by atoms with Gasteiger partial charge in [0.15, 0.2) is 10.9 Å². The molecule has 1 fully saturated rings. The molecular weight excluding hydrogens is 300 g/mol. The molecule has 1 N–H and O–H groups in total. The highest BCUT2D eigenvalue weighted by molar-refractivity contribution is 7.18. The van der Waals surface area contributed by atoms with Crippen LogP contribution in [0.5, 0.6) is 0 Å². The Kier molecular flexibility index (Phi) is 4.33. The highest BCUT2D eigenvalue weighted by atomic mass is 32.1. The summed E-state index contributed by atoms with van der Waals surface area (Å²) >= 11 is 1.36. The molecule has 1 saturated heterocycles. The van der Waals surface area contributed by atoms with E-state index in [2.05, 4.69) is 17.2 Å². The predicted octanol–water partition coefficient (Wildman–Crippen LogP) is 2.33. The summed E-state index contributed by atoms with van der Waals surface area (Å²) in [6, 6.07) is -0.316. The van der Waals surface area contributed by atoms with Crippen molar-refractivity contribution in [2.24, 2.45) is 0 Å². The van der Waals surface area contributed by atoms with Gasteiger partial charge in [-0.2, -0.15) is 0 Å². The van der Waals surface area contributed by atoms with Gasteiger partial charge in [-0.3, -0.25) is 14.5 Å². The maximum absolute atomic E-state index is 12.8. The number of unbranched alkanes of at least 4 members (excludes halogenated alkanes) is 1. The van der Waals surface area contributed by atoms with Gasteiger partial charge in [0.1, 0.15) is 10.9 Å². The molecule has 0 saturated carbocycles. The van der Waals surface area contributed by atoms with Crippen molar-refractivity contribution in [3.8, 4) is 0 Å². The average Bonchev–Trinajstić information content (AvgIpc) is 2.94. The van der Waals surface area contributed by atoms with E-state index in [1.807, 2.05) is 0 Å². The van der Waals surface area contributed by atoms with E-state index in [0.29, 0.717) is 17.2 Å². The maximum Gasteiger partial charge on any atom is 0.268 e. The van der Waals surface area contributed by atoms with E-state index < -0.39 is 0 Å². The Bertz CT molecular complexity index is 586. The summed E-state index contributed by atoms with van der Waals surface area (Å²) in [5.74, 6) is 0.448. The second kappa shape index (κ2) is 6.24. The third-order valence-corrected chi connectivity index (χ3v) is 5.30. The zero-order chi connectivity index (χ0) is 15.7. The smallest absolute Gasteiger partial charge is 0.268 e. The summed E-state index contributed by atoms with van der Waals surface area (Å²) in [6.07, 6.45) is 4.88. The van der Waals surface area contributed by atoms with Crippen LogP contribution < -0.4 is 10.2 Å². The number of likely N-dealkylation sites (N-methyl/N-ethyl adjacent to an activating group) is 1. The van der Waals surface area contributed by atoms with Crippen LogP contribution in [0.1, 0.15) is 48.7 Å². The lowest BCUT2D eigenvalue weighted by Crippen LogP contribution is -2.50. The molecule has 3 heterocycles. The van der Waals surface area contributed by atoms with Crippen molar-refractivity contribution in [2.45, 2.75) is 45.1 Å². The van der Waals surface area contributed by atoms with E-state index in [1.54, 1.807) is 16.8 Å². The Morgan fingerprint density at radius 1 is 1.36 bits per heavy atom. The summed E-state index contributed by atoms with van der Waals surface area (Å²) in [5, 5.41) is 3.97. The summed E-state index contributed by atoms with van der Waals surface area (Å²) in [7, 11) is 1.72. The molecule has 0 radical (unpaired) electrons. The number of anilines is 2. The number of thiazole rings is 1. The molecule has 1 unspecified atom stereocenters. The third-order valence-electron chi connectivity index (χ3n) is 4.31. The van der Waals surface area contributed by atoms with E-state index in [0.717, 1.165) is 43.8 Å². The number of carbonyl (C=O) groups is 2. The molecule has 1 atom stereocenters. The fourth-order valence-electron chi connectivity index (χ4n) is 3.02. The molecule has 2 amide bonds. The first-order valence-corrected chi connectivity index (χ1v) is 8.78.